The first-order valence-electron chi connectivity index (χ1n) is 6.17. The third kappa shape index (κ3) is 2.78. The molecule has 1 aromatic rings. The second-order valence-corrected chi connectivity index (χ2v) is 5.52. The number of rotatable bonds is 2. The second-order valence-electron chi connectivity index (χ2n) is 5.52. The van der Waals surface area contributed by atoms with Crippen molar-refractivity contribution in [3.63, 3.8) is 0 Å². The number of halogens is 1. The van der Waals surface area contributed by atoms with Crippen molar-refractivity contribution >= 4 is 0 Å². The molecular weight excluding hydrogens is 217 g/mol. The Morgan fingerprint density at radius 2 is 1.94 bits per heavy atom. The fourth-order valence-electron chi connectivity index (χ4n) is 2.43. The molecule has 0 amide bonds. The largest absolute Gasteiger partial charge is 0.489 e. The van der Waals surface area contributed by atoms with Crippen LogP contribution in [0.2, 0.25) is 0 Å². The molecule has 1 saturated carbocycles. The van der Waals surface area contributed by atoms with E-state index in [0.29, 0.717) is 5.75 Å². The van der Waals surface area contributed by atoms with Crippen molar-refractivity contribution < 1.29 is 9.13 Å². The monoisotopic (exact) mass is 237 g/mol. The Balaban J connectivity index is 2.05. The van der Waals surface area contributed by atoms with Gasteiger partial charge >= 0.3 is 0 Å². The van der Waals surface area contributed by atoms with E-state index in [0.717, 1.165) is 19.3 Å². The van der Waals surface area contributed by atoms with E-state index in [-0.39, 0.29) is 23.4 Å². The predicted molar refractivity (Wildman–Crippen MR) is 66.4 cm³/mol. The summed E-state index contributed by atoms with van der Waals surface area (Å²) in [5.74, 6) is 0.454. The highest BCUT2D eigenvalue weighted by atomic mass is 19.1. The molecule has 2 rings (SSSR count). The summed E-state index contributed by atoms with van der Waals surface area (Å²) in [6.45, 7) is 4.36. The van der Waals surface area contributed by atoms with Crippen LogP contribution in [0.3, 0.4) is 0 Å². The lowest BCUT2D eigenvalue weighted by atomic mass is 9.72. The van der Waals surface area contributed by atoms with Crippen LogP contribution >= 0.6 is 0 Å². The lowest BCUT2D eigenvalue weighted by Gasteiger charge is -2.41. The van der Waals surface area contributed by atoms with E-state index in [1.165, 1.54) is 12.1 Å². The van der Waals surface area contributed by atoms with E-state index in [2.05, 4.69) is 13.8 Å². The van der Waals surface area contributed by atoms with Gasteiger partial charge in [-0.1, -0.05) is 13.8 Å². The van der Waals surface area contributed by atoms with Gasteiger partial charge in [-0.25, -0.2) is 4.39 Å². The molecule has 0 heterocycles. The Labute approximate surface area is 102 Å². The van der Waals surface area contributed by atoms with Crippen LogP contribution in [-0.4, -0.2) is 12.1 Å². The Kier molecular flexibility index (Phi) is 3.38. The molecule has 3 heteroatoms. The van der Waals surface area contributed by atoms with E-state index in [9.17, 15) is 4.39 Å². The highest BCUT2D eigenvalue weighted by Gasteiger charge is 2.37. The zero-order valence-corrected chi connectivity index (χ0v) is 10.4. The van der Waals surface area contributed by atoms with Crippen LogP contribution in [0.5, 0.6) is 5.75 Å². The van der Waals surface area contributed by atoms with Gasteiger partial charge < -0.3 is 10.5 Å². The number of hydrogen-bond donors (Lipinski definition) is 1. The summed E-state index contributed by atoms with van der Waals surface area (Å²) in [6, 6.07) is 6.16. The molecule has 94 valence electrons. The van der Waals surface area contributed by atoms with Gasteiger partial charge in [0.05, 0.1) is 0 Å². The van der Waals surface area contributed by atoms with Crippen molar-refractivity contribution in [1.82, 2.24) is 0 Å². The standard InChI is InChI=1S/C14H20FNO/c1-14(2)9-3-4-12(13(14)16)17-11-7-5-10(15)6-8-11/h5-8,12-13H,3-4,9,16H2,1-2H3. The molecule has 1 aliphatic carbocycles. The first-order valence-corrected chi connectivity index (χ1v) is 6.17. The lowest BCUT2D eigenvalue weighted by molar-refractivity contribution is 0.0567. The molecule has 0 spiro atoms. The Bertz CT molecular complexity index is 374. The molecular formula is C14H20FNO. The van der Waals surface area contributed by atoms with Crippen molar-refractivity contribution in [2.45, 2.75) is 45.3 Å². The summed E-state index contributed by atoms with van der Waals surface area (Å²) in [4.78, 5) is 0. The van der Waals surface area contributed by atoms with Crippen molar-refractivity contribution in [3.05, 3.63) is 30.1 Å². The minimum absolute atomic E-state index is 0.0290. The molecule has 17 heavy (non-hydrogen) atoms. The summed E-state index contributed by atoms with van der Waals surface area (Å²) in [6.07, 6.45) is 3.27. The molecule has 2 nitrogen and oxygen atoms in total. The minimum Gasteiger partial charge on any atom is -0.489 e. The molecule has 0 saturated heterocycles. The van der Waals surface area contributed by atoms with Crippen molar-refractivity contribution in [3.8, 4) is 5.75 Å². The average molecular weight is 237 g/mol. The van der Waals surface area contributed by atoms with Gasteiger partial charge in [-0.3, -0.25) is 0 Å². The maximum absolute atomic E-state index is 12.8. The highest BCUT2D eigenvalue weighted by molar-refractivity contribution is 5.22. The van der Waals surface area contributed by atoms with Gasteiger partial charge in [0, 0.05) is 6.04 Å². The third-order valence-electron chi connectivity index (χ3n) is 3.71. The fourth-order valence-corrected chi connectivity index (χ4v) is 2.43. The van der Waals surface area contributed by atoms with Gasteiger partial charge in [0.1, 0.15) is 17.7 Å². The summed E-state index contributed by atoms with van der Waals surface area (Å²) in [5.41, 5.74) is 6.35. The van der Waals surface area contributed by atoms with Crippen LogP contribution in [0, 0.1) is 11.2 Å². The van der Waals surface area contributed by atoms with Crippen LogP contribution in [0.25, 0.3) is 0 Å². The molecule has 1 fully saturated rings. The van der Waals surface area contributed by atoms with Crippen LogP contribution < -0.4 is 10.5 Å². The second kappa shape index (κ2) is 4.65. The smallest absolute Gasteiger partial charge is 0.123 e. The maximum Gasteiger partial charge on any atom is 0.123 e. The average Bonchev–Trinajstić information content (AvgIpc) is 2.28. The molecule has 0 radical (unpaired) electrons. The van der Waals surface area contributed by atoms with Crippen LogP contribution in [-0.2, 0) is 0 Å². The summed E-state index contributed by atoms with van der Waals surface area (Å²) in [7, 11) is 0. The van der Waals surface area contributed by atoms with Gasteiger partial charge in [0.2, 0.25) is 0 Å². The normalized spacial score (nSPS) is 27.8. The van der Waals surface area contributed by atoms with Gasteiger partial charge in [0.15, 0.2) is 0 Å². The number of nitrogens with two attached hydrogens (primary N) is 1. The summed E-state index contributed by atoms with van der Waals surface area (Å²) in [5, 5.41) is 0. The van der Waals surface area contributed by atoms with Gasteiger partial charge in [-0.05, 0) is 48.9 Å². The van der Waals surface area contributed by atoms with Gasteiger partial charge in [0.25, 0.3) is 0 Å². The summed E-state index contributed by atoms with van der Waals surface area (Å²) < 4.78 is 18.7. The lowest BCUT2D eigenvalue weighted by Crippen LogP contribution is -2.51. The molecule has 1 aromatic carbocycles. The fraction of sp³-hybridized carbons (Fsp3) is 0.571. The SMILES string of the molecule is CC1(C)CCCC(Oc2ccc(F)cc2)C1N. The maximum atomic E-state index is 12.8. The number of benzene rings is 1. The van der Waals surface area contributed by atoms with Crippen molar-refractivity contribution in [2.75, 3.05) is 0 Å². The molecule has 2 atom stereocenters. The zero-order chi connectivity index (χ0) is 12.5. The molecule has 2 unspecified atom stereocenters. The molecule has 1 aliphatic rings. The van der Waals surface area contributed by atoms with Crippen LogP contribution in [0.4, 0.5) is 4.39 Å². The molecule has 0 aromatic heterocycles. The van der Waals surface area contributed by atoms with Gasteiger partial charge in [-0.15, -0.1) is 0 Å². The van der Waals surface area contributed by atoms with E-state index in [1.54, 1.807) is 12.1 Å². The Morgan fingerprint density at radius 1 is 1.29 bits per heavy atom. The van der Waals surface area contributed by atoms with E-state index >= 15 is 0 Å². The van der Waals surface area contributed by atoms with Crippen LogP contribution in [0.15, 0.2) is 24.3 Å². The molecule has 0 bridgehead atoms. The number of ether oxygens (including phenoxy) is 1. The predicted octanol–water partition coefficient (Wildman–Crippen LogP) is 3.11. The van der Waals surface area contributed by atoms with E-state index in [1.807, 2.05) is 0 Å². The molecule has 2 N–H and O–H groups in total. The van der Waals surface area contributed by atoms with Crippen molar-refractivity contribution in [2.24, 2.45) is 11.1 Å². The number of hydrogen-bond acceptors (Lipinski definition) is 2. The third-order valence-corrected chi connectivity index (χ3v) is 3.71. The van der Waals surface area contributed by atoms with E-state index in [4.69, 9.17) is 10.5 Å². The topological polar surface area (TPSA) is 35.2 Å². The molecule has 0 aliphatic heterocycles. The first kappa shape index (κ1) is 12.4. The van der Waals surface area contributed by atoms with Crippen LogP contribution in [0.1, 0.15) is 33.1 Å². The summed E-state index contributed by atoms with van der Waals surface area (Å²) >= 11 is 0. The Morgan fingerprint density at radius 3 is 2.59 bits per heavy atom. The van der Waals surface area contributed by atoms with Crippen molar-refractivity contribution in [1.29, 1.82) is 0 Å². The Hall–Kier alpha value is -1.09. The highest BCUT2D eigenvalue weighted by Crippen LogP contribution is 2.36. The zero-order valence-electron chi connectivity index (χ0n) is 10.4. The van der Waals surface area contributed by atoms with E-state index < -0.39 is 0 Å². The quantitative estimate of drug-likeness (QED) is 0.857. The van der Waals surface area contributed by atoms with Gasteiger partial charge in [-0.2, -0.15) is 0 Å². The minimum atomic E-state index is -0.245. The first-order chi connectivity index (χ1) is 7.99.